The molecule has 0 fully saturated rings. The molecule has 0 radical (unpaired) electrons. The predicted molar refractivity (Wildman–Crippen MR) is 154 cm³/mol. The van der Waals surface area contributed by atoms with Gasteiger partial charge in [0.1, 0.15) is 42.6 Å². The summed E-state index contributed by atoms with van der Waals surface area (Å²) in [5.41, 5.74) is -0.226. The van der Waals surface area contributed by atoms with Crippen LogP contribution in [0.2, 0.25) is 0 Å². The zero-order valence-electron chi connectivity index (χ0n) is 23.3. The highest BCUT2D eigenvalue weighted by molar-refractivity contribution is 6.11. The van der Waals surface area contributed by atoms with Gasteiger partial charge >= 0.3 is 0 Å². The number of anilines is 2. The molecule has 0 saturated carbocycles. The number of ether oxygens (including phenoxy) is 1. The van der Waals surface area contributed by atoms with Gasteiger partial charge < -0.3 is 35.2 Å². The number of amides is 4. The Balaban J connectivity index is 1.69. The van der Waals surface area contributed by atoms with Crippen molar-refractivity contribution >= 4 is 58.0 Å². The third kappa shape index (κ3) is 6.59. The average Bonchev–Trinajstić information content (AvgIpc) is 3.10. The number of aromatic nitrogens is 1. The molecule has 1 aliphatic rings. The number of aliphatic hydroxyl groups excluding tert-OH is 1. The van der Waals surface area contributed by atoms with Crippen LogP contribution in [0.5, 0.6) is 5.75 Å². The Kier molecular flexibility index (Phi) is 9.30. The van der Waals surface area contributed by atoms with Crippen LogP contribution in [0.3, 0.4) is 0 Å². The number of carbonyl (C=O) groups is 6. The topological polar surface area (TPSA) is 195 Å². The molecule has 0 unspecified atom stereocenters. The molecule has 4 N–H and O–H groups in total. The maximum atomic E-state index is 13.9. The Labute approximate surface area is 244 Å². The normalized spacial score (nSPS) is 15.2. The third-order valence-electron chi connectivity index (χ3n) is 6.79. The standard InChI is InChI=1S/C29H29N5O9/c1-16(37)9-17(14-35)31-25(38)13-34-24-6-4-3-5-23(24)33(26(39)15-36)12-22(29(34)42)32-28(41)20-11-30-21-10-18(43-2)7-8-19(21)27(20)40/h3-8,10-11,14,17,22,36H,9,12-13,15H2,1-2H3,(H,30,40)(H,31,38)(H,32,41)/t17-,22-/m0/s1. The summed E-state index contributed by atoms with van der Waals surface area (Å²) in [4.78, 5) is 93.9. The van der Waals surface area contributed by atoms with Crippen molar-refractivity contribution in [3.8, 4) is 5.75 Å². The summed E-state index contributed by atoms with van der Waals surface area (Å²) >= 11 is 0. The SMILES string of the molecule is COc1ccc2c(=O)c(C(=O)N[C@H]3CN(C(=O)CO)c4ccccc4N(CC(=O)N[C@H](C=O)CC(C)=O)C3=O)c[nH]c2c1. The number of aromatic amines is 1. The van der Waals surface area contributed by atoms with Gasteiger partial charge in [-0.25, -0.2) is 0 Å². The third-order valence-corrected chi connectivity index (χ3v) is 6.79. The summed E-state index contributed by atoms with van der Waals surface area (Å²) in [5, 5.41) is 14.7. The van der Waals surface area contributed by atoms with Gasteiger partial charge in [0.2, 0.25) is 11.3 Å². The fourth-order valence-corrected chi connectivity index (χ4v) is 4.75. The highest BCUT2D eigenvalue weighted by Crippen LogP contribution is 2.33. The van der Waals surface area contributed by atoms with E-state index in [-0.39, 0.29) is 34.5 Å². The smallest absolute Gasteiger partial charge is 0.257 e. The van der Waals surface area contributed by atoms with Gasteiger partial charge in [0.15, 0.2) is 0 Å². The van der Waals surface area contributed by atoms with Crippen molar-refractivity contribution in [2.24, 2.45) is 0 Å². The van der Waals surface area contributed by atoms with Gasteiger partial charge in [0.25, 0.3) is 17.7 Å². The van der Waals surface area contributed by atoms with Crippen molar-refractivity contribution in [3.05, 3.63) is 64.4 Å². The van der Waals surface area contributed by atoms with E-state index < -0.39 is 60.8 Å². The van der Waals surface area contributed by atoms with Gasteiger partial charge in [0.05, 0.1) is 36.6 Å². The van der Waals surface area contributed by atoms with Gasteiger partial charge in [-0.15, -0.1) is 0 Å². The number of H-pyrrole nitrogens is 1. The van der Waals surface area contributed by atoms with Gasteiger partial charge in [0, 0.05) is 24.1 Å². The van der Waals surface area contributed by atoms with Gasteiger partial charge in [-0.05, 0) is 31.2 Å². The Hall–Kier alpha value is -5.37. The minimum absolute atomic E-state index is 0.118. The molecule has 2 aromatic carbocycles. The van der Waals surface area contributed by atoms with Crippen LogP contribution in [-0.2, 0) is 24.0 Å². The van der Waals surface area contributed by atoms with Crippen molar-refractivity contribution in [1.82, 2.24) is 15.6 Å². The molecule has 14 nitrogen and oxygen atoms in total. The Morgan fingerprint density at radius 3 is 2.51 bits per heavy atom. The second kappa shape index (κ2) is 13.1. The Morgan fingerprint density at radius 1 is 1.14 bits per heavy atom. The molecular weight excluding hydrogens is 562 g/mol. The number of ketones is 1. The molecule has 224 valence electrons. The first-order valence-electron chi connectivity index (χ1n) is 13.1. The fourth-order valence-electron chi connectivity index (χ4n) is 4.75. The number of nitrogens with one attached hydrogen (secondary N) is 3. The number of nitrogens with zero attached hydrogens (tertiary/aromatic N) is 2. The monoisotopic (exact) mass is 591 g/mol. The van der Waals surface area contributed by atoms with Crippen LogP contribution in [0.25, 0.3) is 10.9 Å². The number of benzene rings is 2. The fraction of sp³-hybridized carbons (Fsp3) is 0.276. The van der Waals surface area contributed by atoms with E-state index in [0.717, 1.165) is 9.80 Å². The summed E-state index contributed by atoms with van der Waals surface area (Å²) in [5.74, 6) is -3.15. The molecule has 1 aliphatic heterocycles. The van der Waals surface area contributed by atoms with E-state index in [9.17, 15) is 38.7 Å². The highest BCUT2D eigenvalue weighted by atomic mass is 16.5. The number of rotatable bonds is 10. The number of para-hydroxylation sites is 2. The Morgan fingerprint density at radius 2 is 1.86 bits per heavy atom. The van der Waals surface area contributed by atoms with E-state index in [2.05, 4.69) is 15.6 Å². The number of pyridine rings is 1. The van der Waals surface area contributed by atoms with Crippen LogP contribution in [0.4, 0.5) is 11.4 Å². The lowest BCUT2D eigenvalue weighted by atomic mass is 10.1. The molecule has 1 aromatic heterocycles. The highest BCUT2D eigenvalue weighted by Gasteiger charge is 2.38. The number of fused-ring (bicyclic) bond motifs is 2. The molecular formula is C29H29N5O9. The zero-order valence-corrected chi connectivity index (χ0v) is 23.3. The van der Waals surface area contributed by atoms with E-state index in [4.69, 9.17) is 4.74 Å². The van der Waals surface area contributed by atoms with Crippen molar-refractivity contribution < 1.29 is 38.6 Å². The minimum atomic E-state index is -1.46. The number of aldehydes is 1. The molecule has 4 amide bonds. The van der Waals surface area contributed by atoms with E-state index in [1.54, 1.807) is 24.3 Å². The number of aliphatic hydroxyl groups is 1. The van der Waals surface area contributed by atoms with Gasteiger partial charge in [-0.3, -0.25) is 33.7 Å². The molecule has 4 rings (SSSR count). The summed E-state index contributed by atoms with van der Waals surface area (Å²) in [6, 6.07) is 8.14. The molecule has 43 heavy (non-hydrogen) atoms. The number of carbonyl (C=O) groups excluding carboxylic acids is 6. The number of methoxy groups -OCH3 is 1. The van der Waals surface area contributed by atoms with Gasteiger partial charge in [-0.2, -0.15) is 0 Å². The lowest BCUT2D eigenvalue weighted by Gasteiger charge is -2.25. The van der Waals surface area contributed by atoms with E-state index >= 15 is 0 Å². The summed E-state index contributed by atoms with van der Waals surface area (Å²) < 4.78 is 5.16. The van der Waals surface area contributed by atoms with Crippen LogP contribution >= 0.6 is 0 Å². The van der Waals surface area contributed by atoms with E-state index in [0.29, 0.717) is 17.6 Å². The second-order valence-corrected chi connectivity index (χ2v) is 9.76. The molecule has 3 aromatic rings. The average molecular weight is 592 g/mol. The first-order valence-corrected chi connectivity index (χ1v) is 13.1. The quantitative estimate of drug-likeness (QED) is 0.228. The van der Waals surface area contributed by atoms with Crippen LogP contribution in [0.1, 0.15) is 23.7 Å². The molecule has 0 bridgehead atoms. The first-order chi connectivity index (χ1) is 20.6. The largest absolute Gasteiger partial charge is 0.497 e. The molecule has 14 heteroatoms. The van der Waals surface area contributed by atoms with Crippen LogP contribution < -0.4 is 30.6 Å². The maximum Gasteiger partial charge on any atom is 0.257 e. The van der Waals surface area contributed by atoms with Crippen molar-refractivity contribution in [2.45, 2.75) is 25.4 Å². The number of hydrogen-bond donors (Lipinski definition) is 4. The molecule has 0 aliphatic carbocycles. The maximum absolute atomic E-state index is 13.9. The van der Waals surface area contributed by atoms with Crippen LogP contribution in [0.15, 0.2) is 53.5 Å². The molecule has 2 atom stereocenters. The number of Topliss-reactive ketones (excluding diaryl/α,β-unsaturated/α-hetero) is 1. The van der Waals surface area contributed by atoms with Gasteiger partial charge in [-0.1, -0.05) is 12.1 Å². The zero-order chi connectivity index (χ0) is 31.3. The molecule has 2 heterocycles. The van der Waals surface area contributed by atoms with Crippen molar-refractivity contribution in [3.63, 3.8) is 0 Å². The lowest BCUT2D eigenvalue weighted by molar-refractivity contribution is -0.127. The Bertz CT molecular complexity index is 1670. The number of hydrogen-bond acceptors (Lipinski definition) is 9. The predicted octanol–water partition coefficient (Wildman–Crippen LogP) is -0.330. The molecule has 0 spiro atoms. The van der Waals surface area contributed by atoms with Crippen molar-refractivity contribution in [1.29, 1.82) is 0 Å². The summed E-state index contributed by atoms with van der Waals surface area (Å²) in [7, 11) is 1.47. The van der Waals surface area contributed by atoms with Crippen LogP contribution in [0, 0.1) is 0 Å². The molecule has 0 saturated heterocycles. The minimum Gasteiger partial charge on any atom is -0.497 e. The second-order valence-electron chi connectivity index (χ2n) is 9.76. The summed E-state index contributed by atoms with van der Waals surface area (Å²) in [6.07, 6.45) is 1.34. The first kappa shape index (κ1) is 30.6. The van der Waals surface area contributed by atoms with Crippen LogP contribution in [-0.4, -0.2) is 84.7 Å². The van der Waals surface area contributed by atoms with E-state index in [1.807, 2.05) is 0 Å². The van der Waals surface area contributed by atoms with E-state index in [1.165, 1.54) is 38.4 Å². The summed E-state index contributed by atoms with van der Waals surface area (Å²) in [6.45, 7) is -0.717. The van der Waals surface area contributed by atoms with Crippen molar-refractivity contribution in [2.75, 3.05) is 36.6 Å². The lowest BCUT2D eigenvalue weighted by Crippen LogP contribution is -2.55.